The zero-order chi connectivity index (χ0) is 22.1. The molecule has 0 radical (unpaired) electrons. The smallest absolute Gasteiger partial charge is 0.319 e. The number of fused-ring (bicyclic) bond motifs is 1. The van der Waals surface area contributed by atoms with Crippen LogP contribution < -0.4 is 15.5 Å². The monoisotopic (exact) mass is 435 g/mol. The molecular formula is C22H25N7O3. The molecule has 1 aromatic heterocycles. The number of nitrogens with zero attached hydrogens (tertiary/aromatic N) is 5. The third-order valence-corrected chi connectivity index (χ3v) is 5.82. The predicted molar refractivity (Wildman–Crippen MR) is 118 cm³/mol. The molecule has 2 amide bonds. The maximum absolute atomic E-state index is 12.4. The van der Waals surface area contributed by atoms with E-state index in [-0.39, 0.29) is 30.3 Å². The first-order chi connectivity index (χ1) is 15.6. The van der Waals surface area contributed by atoms with Gasteiger partial charge in [-0.2, -0.15) is 0 Å². The Bertz CT molecular complexity index is 1070. The average Bonchev–Trinajstić information content (AvgIpc) is 3.52. The Morgan fingerprint density at radius 2 is 1.78 bits per heavy atom. The number of hydrogen-bond donors (Lipinski definition) is 2. The molecule has 166 valence electrons. The molecular weight excluding hydrogens is 410 g/mol. The van der Waals surface area contributed by atoms with Gasteiger partial charge in [-0.15, -0.1) is 5.10 Å². The van der Waals surface area contributed by atoms with E-state index in [4.69, 9.17) is 9.47 Å². The van der Waals surface area contributed by atoms with Crippen LogP contribution in [0.5, 0.6) is 0 Å². The number of aromatic nitrogens is 4. The Balaban J connectivity index is 1.27. The van der Waals surface area contributed by atoms with Crippen LogP contribution in [-0.2, 0) is 9.47 Å². The van der Waals surface area contributed by atoms with Gasteiger partial charge in [0.1, 0.15) is 18.2 Å². The number of nitrogens with one attached hydrogen (secondary N) is 2. The number of amides is 2. The summed E-state index contributed by atoms with van der Waals surface area (Å²) in [4.78, 5) is 14.4. The minimum atomic E-state index is -0.290. The predicted octanol–water partition coefficient (Wildman–Crippen LogP) is 1.94. The number of carbonyl (C=O) groups is 1. The molecule has 0 unspecified atom stereocenters. The lowest BCUT2D eigenvalue weighted by molar-refractivity contribution is 0.0624. The van der Waals surface area contributed by atoms with Crippen molar-refractivity contribution in [3.8, 4) is 11.4 Å². The van der Waals surface area contributed by atoms with E-state index in [1.807, 2.05) is 73.6 Å². The van der Waals surface area contributed by atoms with E-state index in [0.717, 1.165) is 16.9 Å². The lowest BCUT2D eigenvalue weighted by Gasteiger charge is -2.18. The molecule has 0 saturated carbocycles. The summed E-state index contributed by atoms with van der Waals surface area (Å²) < 4.78 is 13.8. The van der Waals surface area contributed by atoms with Crippen molar-refractivity contribution in [3.05, 3.63) is 54.6 Å². The van der Waals surface area contributed by atoms with E-state index < -0.39 is 0 Å². The maximum Gasteiger partial charge on any atom is 0.319 e. The molecule has 5 rings (SSSR count). The Morgan fingerprint density at radius 1 is 1.03 bits per heavy atom. The SMILES string of the molecule is CN(C)c1ccc(-c2nnnn2[C@@H]2CO[C@@H]3[C@@H]2OC[C@@H]3NC(=O)Nc2ccccc2)cc1. The van der Waals surface area contributed by atoms with Crippen LogP contribution in [0.2, 0.25) is 0 Å². The summed E-state index contributed by atoms with van der Waals surface area (Å²) in [6, 6.07) is 16.6. The molecule has 2 aromatic carbocycles. The number of benzene rings is 2. The molecule has 0 bridgehead atoms. The lowest BCUT2D eigenvalue weighted by Crippen LogP contribution is -2.45. The highest BCUT2D eigenvalue weighted by Gasteiger charge is 2.50. The fraction of sp³-hybridized carbons (Fsp3) is 0.364. The van der Waals surface area contributed by atoms with Gasteiger partial charge in [0.25, 0.3) is 0 Å². The molecule has 3 aromatic rings. The van der Waals surface area contributed by atoms with Gasteiger partial charge in [-0.1, -0.05) is 18.2 Å². The first-order valence-corrected chi connectivity index (χ1v) is 10.5. The van der Waals surface area contributed by atoms with Crippen molar-refractivity contribution < 1.29 is 14.3 Å². The highest BCUT2D eigenvalue weighted by Crippen LogP contribution is 2.35. The van der Waals surface area contributed by atoms with E-state index in [2.05, 4.69) is 26.2 Å². The van der Waals surface area contributed by atoms with Crippen molar-refractivity contribution in [2.45, 2.75) is 24.3 Å². The summed E-state index contributed by atoms with van der Waals surface area (Å²) in [6.07, 6.45) is -0.519. The minimum absolute atomic E-state index is 0.178. The molecule has 2 aliphatic rings. The van der Waals surface area contributed by atoms with Gasteiger partial charge in [0.05, 0.1) is 19.3 Å². The van der Waals surface area contributed by atoms with Gasteiger partial charge in [0.15, 0.2) is 5.82 Å². The first-order valence-electron chi connectivity index (χ1n) is 10.5. The van der Waals surface area contributed by atoms with Crippen LogP contribution in [0.3, 0.4) is 0 Å². The van der Waals surface area contributed by atoms with E-state index >= 15 is 0 Å². The molecule has 2 saturated heterocycles. The summed E-state index contributed by atoms with van der Waals surface area (Å²) in [5.74, 6) is 0.659. The highest BCUT2D eigenvalue weighted by molar-refractivity contribution is 5.89. The molecule has 3 heterocycles. The number of hydrogen-bond acceptors (Lipinski definition) is 7. The number of tetrazole rings is 1. The number of ether oxygens (including phenoxy) is 2. The van der Waals surface area contributed by atoms with Crippen molar-refractivity contribution >= 4 is 17.4 Å². The third kappa shape index (κ3) is 3.90. The second-order valence-electron chi connectivity index (χ2n) is 8.12. The van der Waals surface area contributed by atoms with Gasteiger partial charge < -0.3 is 25.0 Å². The molecule has 0 spiro atoms. The van der Waals surface area contributed by atoms with Gasteiger partial charge >= 0.3 is 6.03 Å². The van der Waals surface area contributed by atoms with Crippen molar-refractivity contribution in [2.24, 2.45) is 0 Å². The third-order valence-electron chi connectivity index (χ3n) is 5.82. The Morgan fingerprint density at radius 3 is 2.53 bits per heavy atom. The number of rotatable bonds is 5. The molecule has 10 heteroatoms. The van der Waals surface area contributed by atoms with Crippen molar-refractivity contribution in [1.29, 1.82) is 0 Å². The van der Waals surface area contributed by atoms with Gasteiger partial charge in [-0.25, -0.2) is 9.48 Å². The second kappa shape index (κ2) is 8.56. The summed E-state index contributed by atoms with van der Waals surface area (Å²) in [7, 11) is 3.99. The molecule has 2 aliphatic heterocycles. The Kier molecular flexibility index (Phi) is 5.46. The topological polar surface area (TPSA) is 106 Å². The van der Waals surface area contributed by atoms with Crippen molar-refractivity contribution in [2.75, 3.05) is 37.5 Å². The number of para-hydroxylation sites is 1. The van der Waals surface area contributed by atoms with Crippen molar-refractivity contribution in [1.82, 2.24) is 25.5 Å². The normalized spacial score (nSPS) is 24.2. The van der Waals surface area contributed by atoms with Crippen molar-refractivity contribution in [3.63, 3.8) is 0 Å². The van der Waals surface area contributed by atoms with Crippen LogP contribution in [0.15, 0.2) is 54.6 Å². The van der Waals surface area contributed by atoms with Gasteiger partial charge in [-0.05, 0) is 46.8 Å². The molecule has 2 fully saturated rings. The molecule has 4 atom stereocenters. The fourth-order valence-corrected chi connectivity index (χ4v) is 4.19. The minimum Gasteiger partial charge on any atom is -0.378 e. The molecule has 2 N–H and O–H groups in total. The Labute approximate surface area is 185 Å². The van der Waals surface area contributed by atoms with E-state index in [1.165, 1.54) is 0 Å². The highest BCUT2D eigenvalue weighted by atomic mass is 16.6. The zero-order valence-corrected chi connectivity index (χ0v) is 17.9. The largest absolute Gasteiger partial charge is 0.378 e. The van der Waals surface area contributed by atoms with Crippen LogP contribution in [0.4, 0.5) is 16.2 Å². The van der Waals surface area contributed by atoms with Gasteiger partial charge in [0, 0.05) is 31.0 Å². The standard InChI is InChI=1S/C22H25N7O3/c1-28(2)16-10-8-14(9-11-16)21-25-26-27-29(21)18-13-32-19-17(12-31-20(18)19)24-22(30)23-15-6-4-3-5-7-15/h3-11,17-20H,12-13H2,1-2H3,(H2,23,24,30)/t17-,18+,19-,20+/m0/s1. The van der Waals surface area contributed by atoms with E-state index in [0.29, 0.717) is 19.0 Å². The molecule has 10 nitrogen and oxygen atoms in total. The second-order valence-corrected chi connectivity index (χ2v) is 8.12. The number of urea groups is 1. The van der Waals surface area contributed by atoms with Crippen LogP contribution >= 0.6 is 0 Å². The molecule has 0 aliphatic carbocycles. The lowest BCUT2D eigenvalue weighted by atomic mass is 10.1. The molecule has 32 heavy (non-hydrogen) atoms. The van der Waals surface area contributed by atoms with Gasteiger partial charge in [0.2, 0.25) is 0 Å². The maximum atomic E-state index is 12.4. The summed E-state index contributed by atoms with van der Waals surface area (Å²) >= 11 is 0. The quantitative estimate of drug-likeness (QED) is 0.631. The van der Waals surface area contributed by atoms with Crippen LogP contribution in [0.1, 0.15) is 6.04 Å². The zero-order valence-electron chi connectivity index (χ0n) is 17.9. The number of anilines is 2. The van der Waals surface area contributed by atoms with Crippen LogP contribution in [0.25, 0.3) is 11.4 Å². The van der Waals surface area contributed by atoms with Crippen LogP contribution in [0, 0.1) is 0 Å². The summed E-state index contributed by atoms with van der Waals surface area (Å²) in [5, 5.41) is 18.1. The fourth-order valence-electron chi connectivity index (χ4n) is 4.19. The summed E-state index contributed by atoms with van der Waals surface area (Å²) in [6.45, 7) is 0.769. The number of carbonyl (C=O) groups excluding carboxylic acids is 1. The van der Waals surface area contributed by atoms with Crippen LogP contribution in [-0.4, -0.2) is 71.8 Å². The van der Waals surface area contributed by atoms with E-state index in [1.54, 1.807) is 4.68 Å². The summed E-state index contributed by atoms with van der Waals surface area (Å²) in [5.41, 5.74) is 2.74. The average molecular weight is 435 g/mol. The first kappa shape index (κ1) is 20.4. The van der Waals surface area contributed by atoms with E-state index in [9.17, 15) is 4.79 Å². The Hall–Kier alpha value is -3.50. The van der Waals surface area contributed by atoms with Gasteiger partial charge in [-0.3, -0.25) is 0 Å².